The van der Waals surface area contributed by atoms with Gasteiger partial charge in [0.05, 0.1) is 18.5 Å². The number of benzene rings is 3. The van der Waals surface area contributed by atoms with E-state index in [1.165, 1.54) is 4.90 Å². The van der Waals surface area contributed by atoms with Crippen LogP contribution in [0.5, 0.6) is 5.75 Å². The quantitative estimate of drug-likeness (QED) is 0.227. The minimum Gasteiger partial charge on any atom is -0.496 e. The van der Waals surface area contributed by atoms with Crippen molar-refractivity contribution in [2.75, 3.05) is 13.7 Å². The van der Waals surface area contributed by atoms with E-state index in [1.54, 1.807) is 24.8 Å². The molecule has 0 saturated carbocycles. The number of aromatic nitrogens is 2. The van der Waals surface area contributed by atoms with Crippen LogP contribution in [0.2, 0.25) is 0 Å². The summed E-state index contributed by atoms with van der Waals surface area (Å²) in [5.74, 6) is -0.232. The molecule has 0 N–H and O–H groups in total. The van der Waals surface area contributed by atoms with Gasteiger partial charge in [-0.25, -0.2) is 4.68 Å². The number of hydrogen-bond donors (Lipinski definition) is 0. The Labute approximate surface area is 233 Å². The monoisotopic (exact) mass is 528 g/mol. The fourth-order valence-electron chi connectivity index (χ4n) is 4.83. The first-order chi connectivity index (χ1) is 19.4. The first-order valence-corrected chi connectivity index (χ1v) is 12.9. The molecule has 1 aromatic heterocycles. The van der Waals surface area contributed by atoms with Gasteiger partial charge in [0, 0.05) is 29.4 Å². The fraction of sp³-hybridized carbons (Fsp3) is 0.152. The molecule has 7 heteroatoms. The molecule has 0 aliphatic carbocycles. The number of ether oxygens (including phenoxy) is 1. The molecule has 1 aliphatic rings. The molecule has 5 rings (SSSR count). The van der Waals surface area contributed by atoms with E-state index in [1.807, 2.05) is 98.1 Å². The highest BCUT2D eigenvalue weighted by molar-refractivity contribution is 6.19. The average Bonchev–Trinajstić information content (AvgIpc) is 3.40. The molecule has 0 fully saturated rings. The first-order valence-electron chi connectivity index (χ1n) is 12.9. The van der Waals surface area contributed by atoms with E-state index in [4.69, 9.17) is 9.84 Å². The Morgan fingerprint density at radius 2 is 1.65 bits per heavy atom. The normalized spacial score (nSPS) is 14.6. The molecule has 0 atom stereocenters. The van der Waals surface area contributed by atoms with Crippen LogP contribution in [0, 0.1) is 18.3 Å². The Kier molecular flexibility index (Phi) is 7.43. The summed E-state index contributed by atoms with van der Waals surface area (Å²) in [7, 11) is 1.63. The summed E-state index contributed by atoms with van der Waals surface area (Å²) < 4.78 is 7.20. The summed E-state index contributed by atoms with van der Waals surface area (Å²) in [4.78, 5) is 28.1. The van der Waals surface area contributed by atoms with Gasteiger partial charge >= 0.3 is 0 Å². The van der Waals surface area contributed by atoms with E-state index < -0.39 is 11.8 Å². The van der Waals surface area contributed by atoms with E-state index in [9.17, 15) is 14.9 Å². The Bertz CT molecular complexity index is 1690. The van der Waals surface area contributed by atoms with Gasteiger partial charge in [0.15, 0.2) is 0 Å². The zero-order valence-corrected chi connectivity index (χ0v) is 22.6. The number of hydrogen-bond acceptors (Lipinski definition) is 5. The van der Waals surface area contributed by atoms with Crippen molar-refractivity contribution in [3.05, 3.63) is 118 Å². The van der Waals surface area contributed by atoms with Crippen molar-refractivity contribution >= 4 is 17.9 Å². The van der Waals surface area contributed by atoms with Gasteiger partial charge in [-0.15, -0.1) is 0 Å². The Hall–Kier alpha value is -5.22. The van der Waals surface area contributed by atoms with Crippen molar-refractivity contribution in [3.63, 3.8) is 0 Å². The number of carbonyl (C=O) groups excluding carboxylic acids is 2. The number of nitriles is 1. The summed E-state index contributed by atoms with van der Waals surface area (Å²) in [5.41, 5.74) is 5.62. The molecule has 3 aromatic carbocycles. The number of imide groups is 1. The highest BCUT2D eigenvalue weighted by Crippen LogP contribution is 2.33. The largest absolute Gasteiger partial charge is 0.496 e. The third-order valence-electron chi connectivity index (χ3n) is 7.02. The molecule has 198 valence electrons. The third kappa shape index (κ3) is 5.07. The van der Waals surface area contributed by atoms with Crippen LogP contribution < -0.4 is 4.74 Å². The summed E-state index contributed by atoms with van der Waals surface area (Å²) >= 11 is 0. The molecule has 0 radical (unpaired) electrons. The van der Waals surface area contributed by atoms with E-state index in [2.05, 4.69) is 0 Å². The highest BCUT2D eigenvalue weighted by atomic mass is 16.5. The van der Waals surface area contributed by atoms with Crippen molar-refractivity contribution < 1.29 is 14.3 Å². The smallest absolute Gasteiger partial charge is 0.271 e. The number of rotatable bonds is 7. The molecule has 0 saturated heterocycles. The lowest BCUT2D eigenvalue weighted by Crippen LogP contribution is -2.43. The molecule has 0 bridgehead atoms. The molecule has 40 heavy (non-hydrogen) atoms. The van der Waals surface area contributed by atoms with Gasteiger partial charge in [-0.3, -0.25) is 14.5 Å². The van der Waals surface area contributed by atoms with E-state index in [0.29, 0.717) is 28.8 Å². The average molecular weight is 529 g/mol. The van der Waals surface area contributed by atoms with Gasteiger partial charge in [-0.05, 0) is 73.4 Å². The summed E-state index contributed by atoms with van der Waals surface area (Å²) in [6, 6.07) is 27.1. The zero-order valence-electron chi connectivity index (χ0n) is 22.6. The van der Waals surface area contributed by atoms with Gasteiger partial charge < -0.3 is 4.74 Å². The van der Waals surface area contributed by atoms with Crippen LogP contribution in [0.3, 0.4) is 0 Å². The maximum absolute atomic E-state index is 13.7. The predicted molar refractivity (Wildman–Crippen MR) is 153 cm³/mol. The van der Waals surface area contributed by atoms with Crippen LogP contribution in [0.25, 0.3) is 23.0 Å². The van der Waals surface area contributed by atoms with E-state index in [-0.39, 0.29) is 12.1 Å². The molecule has 0 spiro atoms. The number of para-hydroxylation sites is 1. The fourth-order valence-corrected chi connectivity index (χ4v) is 4.83. The van der Waals surface area contributed by atoms with Crippen LogP contribution in [0.4, 0.5) is 0 Å². The zero-order chi connectivity index (χ0) is 28.2. The number of aryl methyl sites for hydroxylation is 1. The second-order valence-electron chi connectivity index (χ2n) is 9.56. The van der Waals surface area contributed by atoms with Crippen LogP contribution >= 0.6 is 0 Å². The lowest BCUT2D eigenvalue weighted by atomic mass is 9.93. The topological polar surface area (TPSA) is 88.2 Å². The number of methoxy groups -OCH3 is 1. The van der Waals surface area contributed by atoms with Gasteiger partial charge in [0.1, 0.15) is 17.4 Å². The summed E-state index contributed by atoms with van der Waals surface area (Å²) in [5, 5.41) is 14.7. The molecule has 2 amide bonds. The number of amides is 2. The Morgan fingerprint density at radius 3 is 2.30 bits per heavy atom. The molecule has 0 unspecified atom stereocenters. The van der Waals surface area contributed by atoms with Crippen molar-refractivity contribution in [2.45, 2.75) is 20.3 Å². The molecule has 2 heterocycles. The maximum atomic E-state index is 13.7. The molecular weight excluding hydrogens is 500 g/mol. The molecule has 4 aromatic rings. The second-order valence-corrected chi connectivity index (χ2v) is 9.56. The van der Waals surface area contributed by atoms with Crippen LogP contribution in [-0.2, 0) is 16.0 Å². The van der Waals surface area contributed by atoms with Crippen molar-refractivity contribution in [3.8, 4) is 28.8 Å². The highest BCUT2D eigenvalue weighted by Gasteiger charge is 2.35. The van der Waals surface area contributed by atoms with E-state index in [0.717, 1.165) is 28.1 Å². The van der Waals surface area contributed by atoms with Crippen molar-refractivity contribution in [1.82, 2.24) is 14.7 Å². The number of nitrogens with zero attached hydrogens (tertiary/aromatic N) is 4. The third-order valence-corrected chi connectivity index (χ3v) is 7.02. The summed E-state index contributed by atoms with van der Waals surface area (Å²) in [6.45, 7) is 3.78. The first kappa shape index (κ1) is 26.4. The minimum atomic E-state index is -0.566. The second kappa shape index (κ2) is 11.3. The Morgan fingerprint density at radius 1 is 0.950 bits per heavy atom. The summed E-state index contributed by atoms with van der Waals surface area (Å²) in [6.07, 6.45) is 4.08. The van der Waals surface area contributed by atoms with Gasteiger partial charge in [-0.2, -0.15) is 10.4 Å². The number of carbonyl (C=O) groups is 2. The van der Waals surface area contributed by atoms with Crippen LogP contribution in [0.1, 0.15) is 23.6 Å². The van der Waals surface area contributed by atoms with Crippen molar-refractivity contribution in [1.29, 1.82) is 5.26 Å². The van der Waals surface area contributed by atoms with Crippen LogP contribution in [-0.4, -0.2) is 40.1 Å². The maximum Gasteiger partial charge on any atom is 0.271 e. The SMILES string of the molecule is COc1ccc(-c2nn(-c3ccccc3)cc2/C=C2/C(=O)N(CCc3ccccc3)C(=O)C(C#N)=C2C)cc1C. The molecular formula is C33H28N4O3. The lowest BCUT2D eigenvalue weighted by molar-refractivity contribution is -0.140. The van der Waals surface area contributed by atoms with Crippen LogP contribution in [0.15, 0.2) is 102 Å². The molecule has 7 nitrogen and oxygen atoms in total. The van der Waals surface area contributed by atoms with Gasteiger partial charge in [0.2, 0.25) is 0 Å². The lowest BCUT2D eigenvalue weighted by Gasteiger charge is -2.27. The van der Waals surface area contributed by atoms with Gasteiger partial charge in [-0.1, -0.05) is 48.5 Å². The van der Waals surface area contributed by atoms with Crippen molar-refractivity contribution in [2.24, 2.45) is 0 Å². The molecule has 1 aliphatic heterocycles. The van der Waals surface area contributed by atoms with E-state index >= 15 is 0 Å². The minimum absolute atomic E-state index is 0.0313. The predicted octanol–water partition coefficient (Wildman–Crippen LogP) is 5.69. The standard InChI is InChI=1S/C33H28N4O3/c1-22-18-25(14-15-30(22)40-3)31-26(21-37(35-31)27-12-8-5-9-13-27)19-28-23(2)29(20-34)33(39)36(32(28)38)17-16-24-10-6-4-7-11-24/h4-15,18-19,21H,16-17H2,1-3H3/b28-19+. The Balaban J connectivity index is 1.61. The van der Waals surface area contributed by atoms with Gasteiger partial charge in [0.25, 0.3) is 11.8 Å².